The van der Waals surface area contributed by atoms with Crippen molar-refractivity contribution < 1.29 is 29.9 Å². The van der Waals surface area contributed by atoms with Crippen molar-refractivity contribution in [3.63, 3.8) is 0 Å². The van der Waals surface area contributed by atoms with Gasteiger partial charge in [-0.2, -0.15) is 17.2 Å². The maximum absolute atomic E-state index is 7.66. The van der Waals surface area contributed by atoms with Crippen LogP contribution in [0.5, 0.6) is 11.5 Å². The van der Waals surface area contributed by atoms with E-state index in [0.717, 1.165) is 59.7 Å². The number of fused-ring (bicyclic) bond motifs is 10. The third-order valence-corrected chi connectivity index (χ3v) is 8.63. The van der Waals surface area contributed by atoms with Crippen molar-refractivity contribution in [3.8, 4) is 11.5 Å². The van der Waals surface area contributed by atoms with E-state index in [9.17, 15) is 0 Å². The van der Waals surface area contributed by atoms with Crippen molar-refractivity contribution in [1.29, 1.82) is 0 Å². The van der Waals surface area contributed by atoms with Gasteiger partial charge in [0.15, 0.2) is 5.65 Å². The zero-order chi connectivity index (χ0) is 32.1. The van der Waals surface area contributed by atoms with Crippen molar-refractivity contribution in [3.05, 3.63) is 128 Å². The second-order valence-corrected chi connectivity index (χ2v) is 11.1. The van der Waals surface area contributed by atoms with Crippen molar-refractivity contribution in [2.75, 3.05) is 12.0 Å². The molecule has 0 atom stereocenters. The van der Waals surface area contributed by atoms with Gasteiger partial charge < -0.3 is 23.4 Å². The molecule has 10 rings (SSSR count). The van der Waals surface area contributed by atoms with E-state index in [2.05, 4.69) is 98.8 Å². The molecule has 4 aromatic heterocycles. The molecule has 1 aliphatic rings. The van der Waals surface area contributed by atoms with Crippen LogP contribution in [-0.4, -0.2) is 32.0 Å². The molecule has 0 saturated heterocycles. The van der Waals surface area contributed by atoms with Gasteiger partial charge in [0.1, 0.15) is 0 Å². The fourth-order valence-corrected chi connectivity index (χ4v) is 6.84. The number of hydrogen-bond acceptors (Lipinski definition) is 5. The fourth-order valence-electron chi connectivity index (χ4n) is 6.84. The van der Waals surface area contributed by atoms with Crippen LogP contribution in [0.15, 0.2) is 114 Å². The van der Waals surface area contributed by atoms with Crippen LogP contribution in [0.3, 0.4) is 0 Å². The van der Waals surface area contributed by atoms with Gasteiger partial charge >= 0.3 is 0 Å². The molecular formula is C38H23N6OPt-3. The second kappa shape index (κ2) is 10.1. The quantitative estimate of drug-likeness (QED) is 0.169. The molecule has 0 spiro atoms. The minimum absolute atomic E-state index is 0. The van der Waals surface area contributed by atoms with Crippen molar-refractivity contribution in [2.45, 2.75) is 0 Å². The summed E-state index contributed by atoms with van der Waals surface area (Å²) in [5.41, 5.74) is 6.47. The molecule has 8 heteroatoms. The molecule has 9 aromatic rings. The Hall–Kier alpha value is -5.39. The van der Waals surface area contributed by atoms with Gasteiger partial charge in [-0.25, -0.2) is 4.98 Å². The summed E-state index contributed by atoms with van der Waals surface area (Å²) in [5, 5.41) is 12.4. The normalized spacial score (nSPS) is 14.6. The monoisotopic (exact) mass is 777 g/mol. The number of rotatable bonds is 3. The van der Waals surface area contributed by atoms with Crippen LogP contribution >= 0.6 is 0 Å². The molecule has 5 heterocycles. The van der Waals surface area contributed by atoms with Gasteiger partial charge in [-0.3, -0.25) is 0 Å². The Kier molecular flexibility index (Phi) is 5.23. The minimum Gasteiger partial charge on any atom is -0.509 e. The van der Waals surface area contributed by atoms with Crippen LogP contribution in [0, 0.1) is 18.8 Å². The first-order valence-electron chi connectivity index (χ1n) is 16.1. The molecule has 46 heavy (non-hydrogen) atoms. The number of ether oxygens (including phenoxy) is 1. The number of benzene rings is 5. The first-order chi connectivity index (χ1) is 23.4. The number of pyridine rings is 1. The van der Waals surface area contributed by atoms with Gasteiger partial charge in [0, 0.05) is 69.9 Å². The number of para-hydroxylation sites is 3. The summed E-state index contributed by atoms with van der Waals surface area (Å²) >= 11 is 0. The van der Waals surface area contributed by atoms with Crippen LogP contribution < -0.4 is 9.75 Å². The summed E-state index contributed by atoms with van der Waals surface area (Å²) in [7, 11) is 0. The summed E-state index contributed by atoms with van der Waals surface area (Å²) in [6.07, 6.45) is 3.10. The third-order valence-electron chi connectivity index (χ3n) is 8.63. The van der Waals surface area contributed by atoms with E-state index in [1.165, 1.54) is 28.8 Å². The second-order valence-electron chi connectivity index (χ2n) is 11.1. The van der Waals surface area contributed by atoms with Crippen LogP contribution in [0.1, 0.15) is 4.11 Å². The molecule has 0 amide bonds. The molecular weight excluding hydrogens is 752 g/mol. The predicted octanol–water partition coefficient (Wildman–Crippen LogP) is 8.56. The van der Waals surface area contributed by atoms with E-state index in [4.69, 9.17) is 13.8 Å². The van der Waals surface area contributed by atoms with E-state index < -0.39 is 6.98 Å². The molecule has 0 radical (unpaired) electrons. The van der Waals surface area contributed by atoms with E-state index in [0.29, 0.717) is 17.2 Å². The SMILES string of the molecule is [2H]C([2H])([2H])N1C=NN(c2[c-]c(Oc3[c-]c4c(cc3)c3cccc5c6cccc7c8ccccc8n(c8cccnc8n4c35)c76)ccc2)[CH-]1.[Pt]. The standard InChI is InChI=1S/C38H23N6O.Pt/c1-41-22-40-42(23-41)24-8-4-9-25(20-24)45-26-17-18-28-30-12-6-14-32-31-13-5-11-29-27-10-2-3-15-33(27)43(36(29)31)34-16-7-19-39-38(34)44(37(30)32)35(28)21-26;/h2-19,22-23H,1H3;/q-3;/i1D3;. The molecule has 7 nitrogen and oxygen atoms in total. The maximum atomic E-state index is 7.66. The Labute approximate surface area is 282 Å². The molecule has 0 bridgehead atoms. The Morgan fingerprint density at radius 1 is 0.674 bits per heavy atom. The first kappa shape index (κ1) is 23.9. The van der Waals surface area contributed by atoms with Crippen molar-refractivity contribution >= 4 is 77.6 Å². The Morgan fingerprint density at radius 3 is 2.20 bits per heavy atom. The molecule has 0 saturated carbocycles. The molecule has 224 valence electrons. The van der Waals surface area contributed by atoms with E-state index >= 15 is 0 Å². The molecule has 0 aliphatic carbocycles. The summed E-state index contributed by atoms with van der Waals surface area (Å²) in [6, 6.07) is 41.8. The predicted molar refractivity (Wildman–Crippen MR) is 181 cm³/mol. The topological polar surface area (TPSA) is 49.8 Å². The first-order valence-corrected chi connectivity index (χ1v) is 14.6. The van der Waals surface area contributed by atoms with Crippen molar-refractivity contribution in [2.24, 2.45) is 5.10 Å². The Bertz CT molecular complexity index is 2820. The molecule has 1 aliphatic heterocycles. The number of hydrazone groups is 1. The average molecular weight is 778 g/mol. The zero-order valence-corrected chi connectivity index (χ0v) is 26.2. The van der Waals surface area contributed by atoms with Crippen LogP contribution in [0.25, 0.3) is 65.5 Å². The smallest absolute Gasteiger partial charge is 0.160 e. The van der Waals surface area contributed by atoms with Gasteiger partial charge in [-0.05, 0) is 30.6 Å². The average Bonchev–Trinajstić information content (AvgIpc) is 3.81. The largest absolute Gasteiger partial charge is 0.509 e. The summed E-state index contributed by atoms with van der Waals surface area (Å²) in [5.74, 6) is 0.945. The van der Waals surface area contributed by atoms with Gasteiger partial charge in [0.25, 0.3) is 0 Å². The van der Waals surface area contributed by atoms with Gasteiger partial charge in [0.2, 0.25) is 0 Å². The minimum atomic E-state index is -2.33. The Balaban J connectivity index is 0.00000325. The summed E-state index contributed by atoms with van der Waals surface area (Å²) in [4.78, 5) is 6.09. The summed E-state index contributed by atoms with van der Waals surface area (Å²) in [6.45, 7) is -0.920. The molecule has 0 fully saturated rings. The van der Waals surface area contributed by atoms with E-state index in [1.54, 1.807) is 12.1 Å². The van der Waals surface area contributed by atoms with E-state index in [1.807, 2.05) is 24.4 Å². The Morgan fingerprint density at radius 2 is 1.37 bits per heavy atom. The van der Waals surface area contributed by atoms with Crippen LogP contribution in [0.4, 0.5) is 5.69 Å². The number of hydrogen-bond donors (Lipinski definition) is 0. The van der Waals surface area contributed by atoms with Crippen LogP contribution in [0.2, 0.25) is 0 Å². The van der Waals surface area contributed by atoms with E-state index in [-0.39, 0.29) is 21.1 Å². The molecule has 0 unspecified atom stereocenters. The van der Waals surface area contributed by atoms with Gasteiger partial charge in [-0.1, -0.05) is 65.8 Å². The zero-order valence-electron chi connectivity index (χ0n) is 27.0. The fraction of sp³-hybridized carbons (Fsp3) is 0.0263. The maximum Gasteiger partial charge on any atom is 0.160 e. The summed E-state index contributed by atoms with van der Waals surface area (Å²) < 4.78 is 33.9. The van der Waals surface area contributed by atoms with Crippen molar-refractivity contribution in [1.82, 2.24) is 18.7 Å². The number of nitrogens with zero attached hydrogens (tertiary/aromatic N) is 6. The van der Waals surface area contributed by atoms with Crippen LogP contribution in [-0.2, 0) is 21.1 Å². The van der Waals surface area contributed by atoms with Gasteiger partial charge in [0.05, 0.1) is 22.9 Å². The third kappa shape index (κ3) is 3.75. The van der Waals surface area contributed by atoms with Gasteiger partial charge in [-0.15, -0.1) is 42.4 Å². The molecule has 0 N–H and O–H groups in total. The number of aromatic nitrogens is 3. The molecule has 5 aromatic carbocycles. The number of anilines is 1.